The van der Waals surface area contributed by atoms with Crippen molar-refractivity contribution in [3.8, 4) is 0 Å². The summed E-state index contributed by atoms with van der Waals surface area (Å²) in [6.45, 7) is 1.97. The van der Waals surface area contributed by atoms with Crippen LogP contribution < -0.4 is 11.1 Å². The SMILES string of the molecule is Cc1cc(NC(=O)c2ccc(Br)cc2N)ccc1Br. The number of benzene rings is 2. The van der Waals surface area contributed by atoms with Gasteiger partial charge in [0.1, 0.15) is 0 Å². The lowest BCUT2D eigenvalue weighted by Gasteiger charge is -2.09. The molecule has 5 heteroatoms. The van der Waals surface area contributed by atoms with E-state index in [-0.39, 0.29) is 5.91 Å². The van der Waals surface area contributed by atoms with Crippen LogP contribution in [-0.4, -0.2) is 5.91 Å². The first-order valence-electron chi connectivity index (χ1n) is 5.60. The van der Waals surface area contributed by atoms with Crippen molar-refractivity contribution in [3.05, 3.63) is 56.5 Å². The number of anilines is 2. The fourth-order valence-electron chi connectivity index (χ4n) is 1.66. The van der Waals surface area contributed by atoms with Crippen molar-refractivity contribution in [2.24, 2.45) is 0 Å². The van der Waals surface area contributed by atoms with Gasteiger partial charge in [0.25, 0.3) is 5.91 Å². The van der Waals surface area contributed by atoms with Gasteiger partial charge >= 0.3 is 0 Å². The van der Waals surface area contributed by atoms with Gasteiger partial charge in [-0.2, -0.15) is 0 Å². The number of nitrogens with two attached hydrogens (primary N) is 1. The minimum atomic E-state index is -0.216. The number of carbonyl (C=O) groups excluding carboxylic acids is 1. The predicted molar refractivity (Wildman–Crippen MR) is 85.4 cm³/mol. The molecule has 1 amide bonds. The Bertz CT molecular complexity index is 641. The number of hydrogen-bond donors (Lipinski definition) is 2. The number of aryl methyl sites for hydroxylation is 1. The number of amides is 1. The van der Waals surface area contributed by atoms with Gasteiger partial charge in [0, 0.05) is 20.3 Å². The standard InChI is InChI=1S/C14H12Br2N2O/c1-8-6-10(3-5-12(8)16)18-14(19)11-4-2-9(15)7-13(11)17/h2-7H,17H2,1H3,(H,18,19). The first-order valence-corrected chi connectivity index (χ1v) is 7.18. The largest absolute Gasteiger partial charge is 0.398 e. The number of nitrogens with one attached hydrogen (secondary N) is 1. The summed E-state index contributed by atoms with van der Waals surface area (Å²) in [6.07, 6.45) is 0. The molecular weight excluding hydrogens is 372 g/mol. The molecule has 0 saturated heterocycles. The summed E-state index contributed by atoms with van der Waals surface area (Å²) in [4.78, 5) is 12.1. The molecule has 0 fully saturated rings. The highest BCUT2D eigenvalue weighted by Crippen LogP contribution is 2.22. The third-order valence-electron chi connectivity index (χ3n) is 2.67. The molecule has 0 aliphatic heterocycles. The molecule has 0 bridgehead atoms. The fourth-order valence-corrected chi connectivity index (χ4v) is 2.29. The van der Waals surface area contributed by atoms with Crippen molar-refractivity contribution >= 4 is 49.1 Å². The Hall–Kier alpha value is -1.33. The Morgan fingerprint density at radius 2 is 1.89 bits per heavy atom. The molecule has 0 spiro atoms. The van der Waals surface area contributed by atoms with Gasteiger partial charge in [0.15, 0.2) is 0 Å². The summed E-state index contributed by atoms with van der Waals surface area (Å²) >= 11 is 6.73. The molecule has 3 nitrogen and oxygen atoms in total. The quantitative estimate of drug-likeness (QED) is 0.757. The van der Waals surface area contributed by atoms with Crippen molar-refractivity contribution in [2.75, 3.05) is 11.1 Å². The third-order valence-corrected chi connectivity index (χ3v) is 4.06. The first-order chi connectivity index (χ1) is 8.97. The Morgan fingerprint density at radius 3 is 2.53 bits per heavy atom. The van der Waals surface area contributed by atoms with E-state index in [0.717, 1.165) is 20.2 Å². The van der Waals surface area contributed by atoms with Gasteiger partial charge in [-0.15, -0.1) is 0 Å². The summed E-state index contributed by atoms with van der Waals surface area (Å²) in [7, 11) is 0. The van der Waals surface area contributed by atoms with Gasteiger partial charge in [-0.3, -0.25) is 4.79 Å². The van der Waals surface area contributed by atoms with Gasteiger partial charge in [0.2, 0.25) is 0 Å². The lowest BCUT2D eigenvalue weighted by atomic mass is 10.1. The second kappa shape index (κ2) is 5.75. The van der Waals surface area contributed by atoms with Gasteiger partial charge in [0.05, 0.1) is 5.56 Å². The minimum Gasteiger partial charge on any atom is -0.398 e. The second-order valence-corrected chi connectivity index (χ2v) is 5.92. The number of rotatable bonds is 2. The van der Waals surface area contributed by atoms with Crippen molar-refractivity contribution in [3.63, 3.8) is 0 Å². The van der Waals surface area contributed by atoms with Crippen LogP contribution in [0.2, 0.25) is 0 Å². The van der Waals surface area contributed by atoms with Gasteiger partial charge in [-0.05, 0) is 48.9 Å². The lowest BCUT2D eigenvalue weighted by molar-refractivity contribution is 0.102. The second-order valence-electron chi connectivity index (χ2n) is 4.15. The molecule has 2 aromatic carbocycles. The van der Waals surface area contributed by atoms with Crippen molar-refractivity contribution in [1.29, 1.82) is 0 Å². The van der Waals surface area contributed by atoms with E-state index in [4.69, 9.17) is 5.73 Å². The molecule has 0 aromatic heterocycles. The molecular formula is C14H12Br2N2O. The van der Waals surface area contributed by atoms with Crippen LogP contribution in [0, 0.1) is 6.92 Å². The molecule has 0 heterocycles. The molecule has 0 atom stereocenters. The number of carbonyl (C=O) groups is 1. The normalized spacial score (nSPS) is 10.3. The summed E-state index contributed by atoms with van der Waals surface area (Å²) in [5.74, 6) is -0.216. The van der Waals surface area contributed by atoms with Crippen LogP contribution in [0.15, 0.2) is 45.3 Å². The van der Waals surface area contributed by atoms with Crippen molar-refractivity contribution in [2.45, 2.75) is 6.92 Å². The molecule has 19 heavy (non-hydrogen) atoms. The summed E-state index contributed by atoms with van der Waals surface area (Å²) in [5.41, 5.74) is 8.54. The van der Waals surface area contributed by atoms with Crippen LogP contribution in [0.3, 0.4) is 0 Å². The van der Waals surface area contributed by atoms with Crippen LogP contribution in [0.25, 0.3) is 0 Å². The predicted octanol–water partition coefficient (Wildman–Crippen LogP) is 4.35. The van der Waals surface area contributed by atoms with Crippen molar-refractivity contribution in [1.82, 2.24) is 0 Å². The molecule has 0 radical (unpaired) electrons. The molecule has 2 rings (SSSR count). The molecule has 0 saturated carbocycles. The van der Waals surface area contributed by atoms with Crippen LogP contribution in [0.5, 0.6) is 0 Å². The van der Waals surface area contributed by atoms with Gasteiger partial charge in [-0.25, -0.2) is 0 Å². The van der Waals surface area contributed by atoms with Crippen LogP contribution in [0.1, 0.15) is 15.9 Å². The zero-order chi connectivity index (χ0) is 14.0. The van der Waals surface area contributed by atoms with Crippen LogP contribution >= 0.6 is 31.9 Å². The maximum Gasteiger partial charge on any atom is 0.257 e. The van der Waals surface area contributed by atoms with Crippen molar-refractivity contribution < 1.29 is 4.79 Å². The maximum absolute atomic E-state index is 12.1. The molecule has 98 valence electrons. The third kappa shape index (κ3) is 3.36. The fraction of sp³-hybridized carbons (Fsp3) is 0.0714. The number of nitrogen functional groups attached to an aromatic ring is 1. The van der Waals surface area contributed by atoms with Gasteiger partial charge < -0.3 is 11.1 Å². The Kier molecular flexibility index (Phi) is 4.27. The van der Waals surface area contributed by atoms with Crippen LogP contribution in [0.4, 0.5) is 11.4 Å². The first kappa shape index (κ1) is 14.1. The highest BCUT2D eigenvalue weighted by molar-refractivity contribution is 9.10. The Labute approximate surface area is 128 Å². The van der Waals surface area contributed by atoms with E-state index < -0.39 is 0 Å². The zero-order valence-electron chi connectivity index (χ0n) is 10.2. The molecule has 0 unspecified atom stereocenters. The lowest BCUT2D eigenvalue weighted by Crippen LogP contribution is -2.14. The molecule has 3 N–H and O–H groups in total. The zero-order valence-corrected chi connectivity index (χ0v) is 13.4. The highest BCUT2D eigenvalue weighted by atomic mass is 79.9. The molecule has 2 aromatic rings. The van der Waals surface area contributed by atoms with E-state index in [1.54, 1.807) is 18.2 Å². The summed E-state index contributed by atoms with van der Waals surface area (Å²) in [5, 5.41) is 2.83. The Morgan fingerprint density at radius 1 is 1.16 bits per heavy atom. The molecule has 0 aliphatic rings. The molecule has 0 aliphatic carbocycles. The summed E-state index contributed by atoms with van der Waals surface area (Å²) in [6, 6.07) is 10.8. The van der Waals surface area contributed by atoms with E-state index in [2.05, 4.69) is 37.2 Å². The van der Waals surface area contributed by atoms with Crippen LogP contribution in [-0.2, 0) is 0 Å². The Balaban J connectivity index is 2.23. The average Bonchev–Trinajstić information content (AvgIpc) is 2.33. The minimum absolute atomic E-state index is 0.216. The van der Waals surface area contributed by atoms with E-state index in [0.29, 0.717) is 11.3 Å². The summed E-state index contributed by atoms with van der Waals surface area (Å²) < 4.78 is 1.86. The topological polar surface area (TPSA) is 55.1 Å². The average molecular weight is 384 g/mol. The van der Waals surface area contributed by atoms with Gasteiger partial charge in [-0.1, -0.05) is 31.9 Å². The number of halogens is 2. The number of hydrogen-bond acceptors (Lipinski definition) is 2. The monoisotopic (exact) mass is 382 g/mol. The van der Waals surface area contributed by atoms with E-state index in [1.807, 2.05) is 25.1 Å². The van der Waals surface area contributed by atoms with E-state index in [9.17, 15) is 4.79 Å². The highest BCUT2D eigenvalue weighted by Gasteiger charge is 2.10. The maximum atomic E-state index is 12.1. The smallest absolute Gasteiger partial charge is 0.257 e. The van der Waals surface area contributed by atoms with E-state index in [1.165, 1.54) is 0 Å². The van der Waals surface area contributed by atoms with E-state index >= 15 is 0 Å².